The second-order valence-electron chi connectivity index (χ2n) is 6.04. The fourth-order valence-electron chi connectivity index (χ4n) is 2.56. The van der Waals surface area contributed by atoms with Gasteiger partial charge in [-0.2, -0.15) is 0 Å². The lowest BCUT2D eigenvalue weighted by Crippen LogP contribution is -2.23. The zero-order valence-corrected chi connectivity index (χ0v) is 17.7. The maximum Gasteiger partial charge on any atom is 0.237 e. The van der Waals surface area contributed by atoms with Crippen LogP contribution < -0.4 is 5.32 Å². The summed E-state index contributed by atoms with van der Waals surface area (Å²) in [4.78, 5) is 12.6. The molecule has 1 heterocycles. The van der Waals surface area contributed by atoms with Crippen molar-refractivity contribution in [2.75, 3.05) is 5.32 Å². The molecule has 9 heteroatoms. The monoisotopic (exact) mass is 450 g/mol. The van der Waals surface area contributed by atoms with E-state index in [9.17, 15) is 9.18 Å². The third-order valence-electron chi connectivity index (χ3n) is 4.00. The summed E-state index contributed by atoms with van der Waals surface area (Å²) < 4.78 is 15.9. The average molecular weight is 451 g/mol. The van der Waals surface area contributed by atoms with Crippen LogP contribution in [0.2, 0.25) is 10.0 Å². The van der Waals surface area contributed by atoms with E-state index in [1.165, 1.54) is 17.8 Å². The molecule has 0 aliphatic heterocycles. The van der Waals surface area contributed by atoms with Gasteiger partial charge < -0.3 is 5.32 Å². The first-order valence-electron chi connectivity index (χ1n) is 8.63. The molecule has 0 aliphatic carbocycles. The van der Waals surface area contributed by atoms with Gasteiger partial charge in [0.25, 0.3) is 0 Å². The van der Waals surface area contributed by atoms with E-state index < -0.39 is 11.1 Å². The first-order chi connectivity index (χ1) is 13.9. The van der Waals surface area contributed by atoms with E-state index in [0.29, 0.717) is 33.8 Å². The highest BCUT2D eigenvalue weighted by molar-refractivity contribution is 8.00. The van der Waals surface area contributed by atoms with E-state index in [1.807, 2.05) is 0 Å². The molecule has 0 bridgehead atoms. The highest BCUT2D eigenvalue weighted by atomic mass is 35.5. The molecular formula is C20H17Cl2FN4OS. The minimum Gasteiger partial charge on any atom is -0.324 e. The van der Waals surface area contributed by atoms with Crippen LogP contribution in [-0.2, 0) is 11.3 Å². The Kier molecular flexibility index (Phi) is 6.95. The number of aromatic nitrogens is 3. The number of amides is 1. The molecule has 1 amide bonds. The maximum absolute atomic E-state index is 14.2. The lowest BCUT2D eigenvalue weighted by Gasteiger charge is -2.14. The largest absolute Gasteiger partial charge is 0.324 e. The van der Waals surface area contributed by atoms with Crippen molar-refractivity contribution in [2.24, 2.45) is 0 Å². The number of allylic oxidation sites excluding steroid dienone is 1. The normalized spacial score (nSPS) is 11.9. The topological polar surface area (TPSA) is 59.8 Å². The Bertz CT molecular complexity index is 1060. The number of anilines is 1. The predicted octanol–water partition coefficient (Wildman–Crippen LogP) is 5.70. The Morgan fingerprint density at radius 3 is 2.76 bits per heavy atom. The average Bonchev–Trinajstić information content (AvgIpc) is 3.08. The van der Waals surface area contributed by atoms with Crippen LogP contribution in [0.3, 0.4) is 0 Å². The molecule has 0 saturated heterocycles. The van der Waals surface area contributed by atoms with Gasteiger partial charge in [0, 0.05) is 6.54 Å². The molecule has 150 valence electrons. The minimum absolute atomic E-state index is 0.274. The summed E-state index contributed by atoms with van der Waals surface area (Å²) in [5, 5.41) is 11.6. The molecule has 0 aliphatic rings. The molecule has 0 radical (unpaired) electrons. The summed E-state index contributed by atoms with van der Waals surface area (Å²) in [6.07, 6.45) is 1.66. The summed E-state index contributed by atoms with van der Waals surface area (Å²) in [6.45, 7) is 5.83. The van der Waals surface area contributed by atoms with E-state index >= 15 is 0 Å². The van der Waals surface area contributed by atoms with Gasteiger partial charge in [0.05, 0.1) is 26.5 Å². The minimum atomic E-state index is -0.522. The van der Waals surface area contributed by atoms with Gasteiger partial charge in [0.15, 0.2) is 11.0 Å². The van der Waals surface area contributed by atoms with Crippen LogP contribution in [0.1, 0.15) is 6.92 Å². The van der Waals surface area contributed by atoms with Crippen LogP contribution in [-0.4, -0.2) is 25.9 Å². The molecule has 3 aromatic rings. The van der Waals surface area contributed by atoms with Crippen LogP contribution in [0.15, 0.2) is 60.3 Å². The number of carbonyl (C=O) groups is 1. The SMILES string of the molecule is C=CCn1c(SC(C)C(=O)Nc2cccc(Cl)c2Cl)nnc1-c1ccccc1F. The first kappa shape index (κ1) is 21.4. The van der Waals surface area contributed by atoms with E-state index in [-0.39, 0.29) is 10.9 Å². The lowest BCUT2D eigenvalue weighted by atomic mass is 10.2. The zero-order valence-electron chi connectivity index (χ0n) is 15.4. The number of benzene rings is 2. The number of hydrogen-bond donors (Lipinski definition) is 1. The summed E-state index contributed by atoms with van der Waals surface area (Å²) in [5.74, 6) is -0.307. The van der Waals surface area contributed by atoms with Crippen molar-refractivity contribution < 1.29 is 9.18 Å². The van der Waals surface area contributed by atoms with E-state index in [4.69, 9.17) is 23.2 Å². The molecule has 1 unspecified atom stereocenters. The van der Waals surface area contributed by atoms with E-state index in [1.54, 1.807) is 54.0 Å². The third-order valence-corrected chi connectivity index (χ3v) is 5.90. The number of carbonyl (C=O) groups excluding carboxylic acids is 1. The van der Waals surface area contributed by atoms with Gasteiger partial charge in [0.1, 0.15) is 5.82 Å². The van der Waals surface area contributed by atoms with Crippen LogP contribution >= 0.6 is 35.0 Å². The molecule has 2 aromatic carbocycles. The van der Waals surface area contributed by atoms with E-state index in [2.05, 4.69) is 22.1 Å². The molecule has 0 spiro atoms. The summed E-state index contributed by atoms with van der Waals surface area (Å²) in [5.41, 5.74) is 0.757. The Morgan fingerprint density at radius 2 is 2.03 bits per heavy atom. The molecule has 29 heavy (non-hydrogen) atoms. The van der Waals surface area contributed by atoms with Crippen LogP contribution in [0.4, 0.5) is 10.1 Å². The zero-order chi connectivity index (χ0) is 21.0. The van der Waals surface area contributed by atoms with Crippen molar-refractivity contribution >= 4 is 46.6 Å². The van der Waals surface area contributed by atoms with Crippen molar-refractivity contribution in [1.29, 1.82) is 0 Å². The third kappa shape index (κ3) is 4.80. The van der Waals surface area contributed by atoms with Crippen molar-refractivity contribution in [3.63, 3.8) is 0 Å². The van der Waals surface area contributed by atoms with Crippen molar-refractivity contribution in [3.8, 4) is 11.4 Å². The van der Waals surface area contributed by atoms with Crippen molar-refractivity contribution in [1.82, 2.24) is 14.8 Å². The quantitative estimate of drug-likeness (QED) is 0.370. The second-order valence-corrected chi connectivity index (χ2v) is 8.13. The molecule has 1 aromatic heterocycles. The number of nitrogens with one attached hydrogen (secondary N) is 1. The van der Waals surface area contributed by atoms with Gasteiger partial charge in [-0.05, 0) is 31.2 Å². The van der Waals surface area contributed by atoms with Crippen molar-refractivity contribution in [3.05, 3.63) is 71.0 Å². The van der Waals surface area contributed by atoms with E-state index in [0.717, 1.165) is 0 Å². The van der Waals surface area contributed by atoms with Crippen LogP contribution in [0, 0.1) is 5.82 Å². The van der Waals surface area contributed by atoms with Gasteiger partial charge >= 0.3 is 0 Å². The molecule has 1 N–H and O–H groups in total. The fourth-order valence-corrected chi connectivity index (χ4v) is 3.76. The highest BCUT2D eigenvalue weighted by Gasteiger charge is 2.22. The number of nitrogens with zero attached hydrogens (tertiary/aromatic N) is 3. The van der Waals surface area contributed by atoms with Gasteiger partial charge in [-0.25, -0.2) is 4.39 Å². The Labute approximate surface area is 181 Å². The lowest BCUT2D eigenvalue weighted by molar-refractivity contribution is -0.115. The second kappa shape index (κ2) is 9.43. The smallest absolute Gasteiger partial charge is 0.237 e. The predicted molar refractivity (Wildman–Crippen MR) is 116 cm³/mol. The number of hydrogen-bond acceptors (Lipinski definition) is 4. The number of thioether (sulfide) groups is 1. The van der Waals surface area contributed by atoms with Gasteiger partial charge in [-0.1, -0.05) is 59.2 Å². The van der Waals surface area contributed by atoms with Crippen LogP contribution in [0.25, 0.3) is 11.4 Å². The summed E-state index contributed by atoms with van der Waals surface area (Å²) >= 11 is 13.3. The molecule has 3 rings (SSSR count). The van der Waals surface area contributed by atoms with Gasteiger partial charge in [-0.3, -0.25) is 9.36 Å². The number of halogens is 3. The highest BCUT2D eigenvalue weighted by Crippen LogP contribution is 2.32. The van der Waals surface area contributed by atoms with Crippen molar-refractivity contribution in [2.45, 2.75) is 23.9 Å². The Balaban J connectivity index is 1.82. The summed E-state index contributed by atoms with van der Waals surface area (Å²) in [7, 11) is 0. The Morgan fingerprint density at radius 1 is 1.28 bits per heavy atom. The number of rotatable bonds is 7. The van der Waals surface area contributed by atoms with Gasteiger partial charge in [0.2, 0.25) is 5.91 Å². The first-order valence-corrected chi connectivity index (χ1v) is 10.3. The molecular weight excluding hydrogens is 434 g/mol. The molecule has 1 atom stereocenters. The maximum atomic E-state index is 14.2. The van der Waals surface area contributed by atoms with Gasteiger partial charge in [-0.15, -0.1) is 16.8 Å². The van der Waals surface area contributed by atoms with Crippen LogP contribution in [0.5, 0.6) is 0 Å². The molecule has 0 fully saturated rings. The summed E-state index contributed by atoms with van der Waals surface area (Å²) in [6, 6.07) is 11.3. The fraction of sp³-hybridized carbons (Fsp3) is 0.150. The Hall–Kier alpha value is -2.35. The molecule has 5 nitrogen and oxygen atoms in total. The molecule has 0 saturated carbocycles. The standard InChI is InChI=1S/C20H17Cl2FN4OS/c1-3-11-27-18(13-7-4-5-9-15(13)23)25-26-20(27)29-12(2)19(28)24-16-10-6-8-14(21)17(16)22/h3-10,12H,1,11H2,2H3,(H,24,28).